The fourth-order valence-electron chi connectivity index (χ4n) is 0.653. The van der Waals surface area contributed by atoms with Gasteiger partial charge in [-0.25, -0.2) is 0 Å². The molecule has 10 heavy (non-hydrogen) atoms. The Morgan fingerprint density at radius 1 is 1.70 bits per heavy atom. The van der Waals surface area contributed by atoms with Gasteiger partial charge in [0.25, 0.3) is 0 Å². The molecule has 0 aromatic carbocycles. The van der Waals surface area contributed by atoms with Crippen molar-refractivity contribution in [2.24, 2.45) is 0 Å². The molecule has 54 valence electrons. The molecule has 0 saturated heterocycles. The summed E-state index contributed by atoms with van der Waals surface area (Å²) in [6, 6.07) is 1.99. The van der Waals surface area contributed by atoms with Gasteiger partial charge in [0.15, 0.2) is 0 Å². The molecule has 0 fully saturated rings. The summed E-state index contributed by atoms with van der Waals surface area (Å²) in [5, 5.41) is 3.02. The van der Waals surface area contributed by atoms with Gasteiger partial charge in [-0.05, 0) is 23.9 Å². The predicted octanol–water partition coefficient (Wildman–Crippen LogP) is 1.65. The van der Waals surface area contributed by atoms with Gasteiger partial charge < -0.3 is 4.90 Å². The number of thiophene rings is 1. The van der Waals surface area contributed by atoms with Crippen LogP contribution in [0.3, 0.4) is 0 Å². The number of hydrogen-bond acceptors (Lipinski definition) is 2. The van der Waals surface area contributed by atoms with Crippen LogP contribution in [0.15, 0.2) is 11.4 Å². The van der Waals surface area contributed by atoms with Gasteiger partial charge in [0, 0.05) is 7.05 Å². The number of hydrogen-bond donors (Lipinski definition) is 0. The molecule has 0 spiro atoms. The highest BCUT2D eigenvalue weighted by Gasteiger charge is 1.99. The normalized spacial score (nSPS) is 9.40. The maximum absolute atomic E-state index is 10.2. The summed E-state index contributed by atoms with van der Waals surface area (Å²) in [6.07, 6.45) is 0.811. The summed E-state index contributed by atoms with van der Waals surface area (Å²) >= 11 is 1.58. The van der Waals surface area contributed by atoms with E-state index >= 15 is 0 Å². The standard InChI is InChI=1S/C7H9NOS/c1-6-3-7(10-4-6)8(2)5-9/h3-5H,1-2H3. The van der Waals surface area contributed by atoms with Crippen molar-refractivity contribution in [1.29, 1.82) is 0 Å². The number of rotatable bonds is 2. The average molecular weight is 155 g/mol. The second-order valence-corrected chi connectivity index (χ2v) is 3.07. The van der Waals surface area contributed by atoms with Gasteiger partial charge in [0.1, 0.15) is 0 Å². The summed E-state index contributed by atoms with van der Waals surface area (Å²) < 4.78 is 0. The van der Waals surface area contributed by atoms with E-state index in [1.807, 2.05) is 18.4 Å². The van der Waals surface area contributed by atoms with Crippen LogP contribution in [0.5, 0.6) is 0 Å². The molecule has 0 bridgehead atoms. The van der Waals surface area contributed by atoms with Crippen molar-refractivity contribution in [3.05, 3.63) is 17.0 Å². The Morgan fingerprint density at radius 3 is 2.80 bits per heavy atom. The highest BCUT2D eigenvalue weighted by Crippen LogP contribution is 2.21. The van der Waals surface area contributed by atoms with Gasteiger partial charge >= 0.3 is 0 Å². The van der Waals surface area contributed by atoms with E-state index in [1.54, 1.807) is 23.3 Å². The van der Waals surface area contributed by atoms with Crippen molar-refractivity contribution >= 4 is 22.7 Å². The van der Waals surface area contributed by atoms with Crippen LogP contribution in [0.4, 0.5) is 5.00 Å². The van der Waals surface area contributed by atoms with Crippen LogP contribution in [0, 0.1) is 6.92 Å². The number of amides is 1. The number of carbonyl (C=O) groups is 1. The zero-order chi connectivity index (χ0) is 7.56. The smallest absolute Gasteiger partial charge is 0.214 e. The number of nitrogens with zero attached hydrogens (tertiary/aromatic N) is 1. The van der Waals surface area contributed by atoms with E-state index in [0.717, 1.165) is 11.4 Å². The zero-order valence-corrected chi connectivity index (χ0v) is 6.81. The molecule has 0 aliphatic carbocycles. The molecule has 0 unspecified atom stereocenters. The van der Waals surface area contributed by atoms with Gasteiger partial charge in [0.2, 0.25) is 6.41 Å². The maximum atomic E-state index is 10.2. The van der Waals surface area contributed by atoms with Gasteiger partial charge in [-0.15, -0.1) is 11.3 Å². The minimum atomic E-state index is 0.811. The molecule has 1 aromatic rings. The Morgan fingerprint density at radius 2 is 2.40 bits per heavy atom. The summed E-state index contributed by atoms with van der Waals surface area (Å²) in [7, 11) is 1.75. The summed E-state index contributed by atoms with van der Waals surface area (Å²) in [4.78, 5) is 11.8. The van der Waals surface area contributed by atoms with Crippen molar-refractivity contribution in [3.8, 4) is 0 Å². The van der Waals surface area contributed by atoms with Crippen LogP contribution >= 0.6 is 11.3 Å². The monoisotopic (exact) mass is 155 g/mol. The molecule has 1 heterocycles. The SMILES string of the molecule is Cc1csc(N(C)C=O)c1. The lowest BCUT2D eigenvalue weighted by Crippen LogP contribution is -2.11. The third-order valence-electron chi connectivity index (χ3n) is 1.22. The molecule has 0 N–H and O–H groups in total. The third-order valence-corrected chi connectivity index (χ3v) is 2.36. The molecule has 1 rings (SSSR count). The first-order chi connectivity index (χ1) is 4.74. The lowest BCUT2D eigenvalue weighted by atomic mass is 10.4. The van der Waals surface area contributed by atoms with E-state index in [2.05, 4.69) is 0 Å². The minimum absolute atomic E-state index is 0.811. The molecule has 0 aliphatic heterocycles. The number of anilines is 1. The molecule has 2 nitrogen and oxygen atoms in total. The summed E-state index contributed by atoms with van der Waals surface area (Å²) in [5.41, 5.74) is 1.20. The van der Waals surface area contributed by atoms with Crippen LogP contribution < -0.4 is 4.90 Å². The lowest BCUT2D eigenvalue weighted by molar-refractivity contribution is -0.107. The van der Waals surface area contributed by atoms with Crippen LogP contribution in [0.25, 0.3) is 0 Å². The average Bonchev–Trinajstić information content (AvgIpc) is 2.34. The highest BCUT2D eigenvalue weighted by molar-refractivity contribution is 7.14. The zero-order valence-electron chi connectivity index (χ0n) is 6.00. The number of carbonyl (C=O) groups excluding carboxylic acids is 1. The van der Waals surface area contributed by atoms with Crippen molar-refractivity contribution in [3.63, 3.8) is 0 Å². The molecule has 0 saturated carbocycles. The highest BCUT2D eigenvalue weighted by atomic mass is 32.1. The molecule has 0 aliphatic rings. The summed E-state index contributed by atoms with van der Waals surface area (Å²) in [6.45, 7) is 2.01. The quantitative estimate of drug-likeness (QED) is 0.595. The first-order valence-electron chi connectivity index (χ1n) is 2.97. The van der Waals surface area contributed by atoms with E-state index in [-0.39, 0.29) is 0 Å². The molecule has 3 heteroatoms. The molecule has 0 atom stereocenters. The van der Waals surface area contributed by atoms with E-state index in [4.69, 9.17) is 0 Å². The molecule has 0 radical (unpaired) electrons. The first-order valence-corrected chi connectivity index (χ1v) is 3.85. The van der Waals surface area contributed by atoms with Crippen molar-refractivity contribution in [2.75, 3.05) is 11.9 Å². The van der Waals surface area contributed by atoms with Crippen LogP contribution in [-0.2, 0) is 4.79 Å². The Labute approximate surface area is 64.1 Å². The Hall–Kier alpha value is -0.830. The molecular weight excluding hydrogens is 146 g/mol. The van der Waals surface area contributed by atoms with Crippen LogP contribution in [-0.4, -0.2) is 13.5 Å². The lowest BCUT2D eigenvalue weighted by Gasteiger charge is -2.04. The van der Waals surface area contributed by atoms with Crippen molar-refractivity contribution < 1.29 is 4.79 Å². The first kappa shape index (κ1) is 7.28. The second-order valence-electron chi connectivity index (χ2n) is 2.18. The van der Waals surface area contributed by atoms with E-state index in [1.165, 1.54) is 5.56 Å². The van der Waals surface area contributed by atoms with Crippen molar-refractivity contribution in [1.82, 2.24) is 0 Å². The minimum Gasteiger partial charge on any atom is -0.310 e. The van der Waals surface area contributed by atoms with Crippen molar-refractivity contribution in [2.45, 2.75) is 6.92 Å². The molecule has 1 amide bonds. The van der Waals surface area contributed by atoms with Crippen LogP contribution in [0.1, 0.15) is 5.56 Å². The van der Waals surface area contributed by atoms with Gasteiger partial charge in [-0.1, -0.05) is 0 Å². The fourth-order valence-corrected chi connectivity index (χ4v) is 1.49. The van der Waals surface area contributed by atoms with E-state index in [0.29, 0.717) is 0 Å². The van der Waals surface area contributed by atoms with Gasteiger partial charge in [-0.2, -0.15) is 0 Å². The molecule has 1 aromatic heterocycles. The topological polar surface area (TPSA) is 20.3 Å². The van der Waals surface area contributed by atoms with Gasteiger partial charge in [-0.3, -0.25) is 4.79 Å². The summed E-state index contributed by atoms with van der Waals surface area (Å²) in [5.74, 6) is 0. The van der Waals surface area contributed by atoms with Gasteiger partial charge in [0.05, 0.1) is 5.00 Å². The largest absolute Gasteiger partial charge is 0.310 e. The second kappa shape index (κ2) is 2.84. The maximum Gasteiger partial charge on any atom is 0.214 e. The van der Waals surface area contributed by atoms with Crippen LogP contribution in [0.2, 0.25) is 0 Å². The number of aryl methyl sites for hydroxylation is 1. The predicted molar refractivity (Wildman–Crippen MR) is 43.5 cm³/mol. The Balaban J connectivity index is 2.84. The third kappa shape index (κ3) is 1.36. The fraction of sp³-hybridized carbons (Fsp3) is 0.286. The Bertz CT molecular complexity index is 231. The van der Waals surface area contributed by atoms with E-state index < -0.39 is 0 Å². The molecular formula is C7H9NOS. The Kier molecular flexibility index (Phi) is 2.06. The van der Waals surface area contributed by atoms with E-state index in [9.17, 15) is 4.79 Å².